The Morgan fingerprint density at radius 1 is 1.26 bits per heavy atom. The summed E-state index contributed by atoms with van der Waals surface area (Å²) in [5, 5.41) is 15.0. The summed E-state index contributed by atoms with van der Waals surface area (Å²) in [6.45, 7) is 2.66. The number of hydrogen-bond donors (Lipinski definition) is 2. The normalized spacial score (nSPS) is 14.0. The number of aryl methyl sites for hydroxylation is 1. The molecule has 0 atom stereocenters. The predicted octanol–water partition coefficient (Wildman–Crippen LogP) is 1.57. The molecule has 0 saturated carbocycles. The molecule has 0 bridgehead atoms. The smallest absolute Gasteiger partial charge is 0.272 e. The van der Waals surface area contributed by atoms with Crippen molar-refractivity contribution in [2.75, 3.05) is 11.3 Å². The number of aromatic nitrogens is 4. The van der Waals surface area contributed by atoms with E-state index in [2.05, 4.69) is 25.1 Å². The zero-order valence-corrected chi connectivity index (χ0v) is 16.0. The molecule has 9 nitrogen and oxygen atoms in total. The van der Waals surface area contributed by atoms with Crippen LogP contribution >= 0.6 is 11.3 Å². The van der Waals surface area contributed by atoms with E-state index in [0.29, 0.717) is 30.2 Å². The highest BCUT2D eigenvalue weighted by atomic mass is 32.2. The zero-order chi connectivity index (χ0) is 19.0. The molecule has 3 heterocycles. The van der Waals surface area contributed by atoms with Crippen LogP contribution in [0.15, 0.2) is 35.4 Å². The van der Waals surface area contributed by atoms with E-state index in [-0.39, 0.29) is 15.9 Å². The number of benzene rings is 1. The monoisotopic (exact) mass is 404 g/mol. The molecule has 1 aliphatic heterocycles. The van der Waals surface area contributed by atoms with E-state index in [1.54, 1.807) is 36.1 Å². The summed E-state index contributed by atoms with van der Waals surface area (Å²) in [5.41, 5.74) is 2.26. The fourth-order valence-corrected chi connectivity index (χ4v) is 4.80. The topological polar surface area (TPSA) is 121 Å². The Kier molecular flexibility index (Phi) is 4.40. The average molecular weight is 404 g/mol. The first-order valence-corrected chi connectivity index (χ1v) is 10.5. The second-order valence-corrected chi connectivity index (χ2v) is 8.97. The highest BCUT2D eigenvalue weighted by Crippen LogP contribution is 2.25. The van der Waals surface area contributed by atoms with Crippen LogP contribution in [0.4, 0.5) is 5.13 Å². The molecule has 27 heavy (non-hydrogen) atoms. The van der Waals surface area contributed by atoms with Crippen molar-refractivity contribution in [1.82, 2.24) is 25.3 Å². The van der Waals surface area contributed by atoms with Gasteiger partial charge in [0, 0.05) is 19.3 Å². The Labute approximate surface area is 159 Å². The van der Waals surface area contributed by atoms with Crippen molar-refractivity contribution in [2.24, 2.45) is 0 Å². The zero-order valence-electron chi connectivity index (χ0n) is 14.3. The van der Waals surface area contributed by atoms with Crippen LogP contribution in [0.2, 0.25) is 0 Å². The molecule has 0 unspecified atom stereocenters. The number of carbonyl (C=O) groups excluding carboxylic acids is 1. The number of sulfonamides is 1. The summed E-state index contributed by atoms with van der Waals surface area (Å²) in [6.07, 6.45) is 2.19. The van der Waals surface area contributed by atoms with Crippen LogP contribution in [0.5, 0.6) is 0 Å². The standard InChI is InChI=1S/C16H16N6O3S2/c1-10-18-20-16(26-10)21-27(24,25)13-3-2-11-5-7-22(9-12(11)8-13)15(23)14-4-6-17-19-14/h2-4,6,8H,5,7,9H2,1H3,(H,17,19)(H,20,21). The Morgan fingerprint density at radius 2 is 2.11 bits per heavy atom. The van der Waals surface area contributed by atoms with E-state index < -0.39 is 10.0 Å². The van der Waals surface area contributed by atoms with Gasteiger partial charge < -0.3 is 4.90 Å². The van der Waals surface area contributed by atoms with Gasteiger partial charge in [-0.3, -0.25) is 14.6 Å². The van der Waals surface area contributed by atoms with E-state index in [1.165, 1.54) is 17.5 Å². The number of nitrogens with one attached hydrogen (secondary N) is 2. The van der Waals surface area contributed by atoms with Crippen LogP contribution in [0.25, 0.3) is 0 Å². The number of nitrogens with zero attached hydrogens (tertiary/aromatic N) is 4. The van der Waals surface area contributed by atoms with Gasteiger partial charge in [-0.2, -0.15) is 5.10 Å². The molecule has 0 saturated heterocycles. The van der Waals surface area contributed by atoms with Crippen LogP contribution in [-0.2, 0) is 23.0 Å². The molecule has 0 fully saturated rings. The molecule has 3 aromatic rings. The molecule has 0 spiro atoms. The Balaban J connectivity index is 1.58. The summed E-state index contributed by atoms with van der Waals surface area (Å²) in [6, 6.07) is 6.60. The molecule has 0 aliphatic carbocycles. The minimum atomic E-state index is -3.78. The highest BCUT2D eigenvalue weighted by Gasteiger charge is 2.25. The number of anilines is 1. The van der Waals surface area contributed by atoms with Gasteiger partial charge in [0.2, 0.25) is 5.13 Å². The van der Waals surface area contributed by atoms with Gasteiger partial charge in [0.25, 0.3) is 15.9 Å². The number of amides is 1. The van der Waals surface area contributed by atoms with Gasteiger partial charge in [0.15, 0.2) is 0 Å². The van der Waals surface area contributed by atoms with E-state index in [1.807, 2.05) is 0 Å². The first-order chi connectivity index (χ1) is 12.9. The van der Waals surface area contributed by atoms with Gasteiger partial charge in [-0.25, -0.2) is 8.42 Å². The third kappa shape index (κ3) is 3.55. The van der Waals surface area contributed by atoms with Crippen molar-refractivity contribution in [3.63, 3.8) is 0 Å². The molecule has 140 valence electrons. The van der Waals surface area contributed by atoms with Crippen molar-refractivity contribution in [3.05, 3.63) is 52.3 Å². The number of H-pyrrole nitrogens is 1. The number of hydrogen-bond acceptors (Lipinski definition) is 7. The summed E-state index contributed by atoms with van der Waals surface area (Å²) < 4.78 is 27.7. The van der Waals surface area contributed by atoms with Gasteiger partial charge in [-0.05, 0) is 42.7 Å². The van der Waals surface area contributed by atoms with Crippen molar-refractivity contribution in [3.8, 4) is 0 Å². The van der Waals surface area contributed by atoms with Crippen molar-refractivity contribution >= 4 is 32.4 Å². The maximum Gasteiger partial charge on any atom is 0.272 e. The lowest BCUT2D eigenvalue weighted by Gasteiger charge is -2.28. The van der Waals surface area contributed by atoms with Crippen molar-refractivity contribution in [2.45, 2.75) is 24.8 Å². The molecule has 4 rings (SSSR count). The molecular formula is C16H16N6O3S2. The lowest BCUT2D eigenvalue weighted by Crippen LogP contribution is -2.36. The number of rotatable bonds is 4. The van der Waals surface area contributed by atoms with Crippen LogP contribution in [0, 0.1) is 6.92 Å². The third-order valence-electron chi connectivity index (χ3n) is 4.27. The second kappa shape index (κ2) is 6.74. The van der Waals surface area contributed by atoms with Crippen LogP contribution in [-0.4, -0.2) is 46.2 Å². The molecule has 1 aromatic carbocycles. The Hall–Kier alpha value is -2.79. The fraction of sp³-hybridized carbons (Fsp3) is 0.250. The predicted molar refractivity (Wildman–Crippen MR) is 98.9 cm³/mol. The molecular weight excluding hydrogens is 388 g/mol. The minimum Gasteiger partial charge on any atom is -0.333 e. The average Bonchev–Trinajstić information content (AvgIpc) is 3.32. The minimum absolute atomic E-state index is 0.130. The van der Waals surface area contributed by atoms with Gasteiger partial charge in [-0.15, -0.1) is 10.2 Å². The van der Waals surface area contributed by atoms with Gasteiger partial charge in [0.1, 0.15) is 10.7 Å². The number of fused-ring (bicyclic) bond motifs is 1. The number of carbonyl (C=O) groups is 1. The SMILES string of the molecule is Cc1nnc(NS(=O)(=O)c2ccc3c(c2)CN(C(=O)c2ccn[nH]2)CC3)s1. The first-order valence-electron chi connectivity index (χ1n) is 8.16. The quantitative estimate of drug-likeness (QED) is 0.681. The molecule has 2 aromatic heterocycles. The van der Waals surface area contributed by atoms with Crippen molar-refractivity contribution < 1.29 is 13.2 Å². The lowest BCUT2D eigenvalue weighted by atomic mass is 9.99. The van der Waals surface area contributed by atoms with Gasteiger partial charge in [-0.1, -0.05) is 17.4 Å². The van der Waals surface area contributed by atoms with E-state index in [0.717, 1.165) is 11.1 Å². The maximum atomic E-state index is 12.6. The molecule has 2 N–H and O–H groups in total. The first kappa shape index (κ1) is 17.6. The summed E-state index contributed by atoms with van der Waals surface area (Å²) >= 11 is 1.17. The molecule has 11 heteroatoms. The second-order valence-electron chi connectivity index (χ2n) is 6.11. The van der Waals surface area contributed by atoms with Crippen LogP contribution in [0.3, 0.4) is 0 Å². The third-order valence-corrected chi connectivity index (χ3v) is 6.49. The fourth-order valence-electron chi connectivity index (χ4n) is 2.93. The largest absolute Gasteiger partial charge is 0.333 e. The number of aromatic amines is 1. The van der Waals surface area contributed by atoms with Crippen LogP contribution in [0.1, 0.15) is 26.6 Å². The lowest BCUT2D eigenvalue weighted by molar-refractivity contribution is 0.0728. The van der Waals surface area contributed by atoms with E-state index in [4.69, 9.17) is 0 Å². The Bertz CT molecular complexity index is 1090. The van der Waals surface area contributed by atoms with E-state index >= 15 is 0 Å². The highest BCUT2D eigenvalue weighted by molar-refractivity contribution is 7.93. The summed E-state index contributed by atoms with van der Waals surface area (Å²) in [5.74, 6) is -0.158. The summed E-state index contributed by atoms with van der Waals surface area (Å²) in [7, 11) is -3.78. The van der Waals surface area contributed by atoms with Crippen molar-refractivity contribution in [1.29, 1.82) is 0 Å². The van der Waals surface area contributed by atoms with Crippen LogP contribution < -0.4 is 4.72 Å². The van der Waals surface area contributed by atoms with Gasteiger partial charge >= 0.3 is 0 Å². The summed E-state index contributed by atoms with van der Waals surface area (Å²) in [4.78, 5) is 14.3. The molecule has 1 amide bonds. The maximum absolute atomic E-state index is 12.6. The molecule has 1 aliphatic rings. The van der Waals surface area contributed by atoms with Gasteiger partial charge in [0.05, 0.1) is 4.90 Å². The molecule has 0 radical (unpaired) electrons. The van der Waals surface area contributed by atoms with E-state index in [9.17, 15) is 13.2 Å². The Morgan fingerprint density at radius 3 is 2.81 bits per heavy atom.